The zero-order valence-electron chi connectivity index (χ0n) is 17.3. The fourth-order valence-electron chi connectivity index (χ4n) is 3.06. The van der Waals surface area contributed by atoms with Crippen LogP contribution in [0.1, 0.15) is 41.0 Å². The number of carbonyl (C=O) groups is 2. The van der Waals surface area contributed by atoms with Gasteiger partial charge in [-0.1, -0.05) is 31.2 Å². The lowest BCUT2D eigenvalue weighted by molar-refractivity contribution is 0.0985. The molecule has 0 fully saturated rings. The Labute approximate surface area is 177 Å². The first-order valence-corrected chi connectivity index (χ1v) is 10.1. The first-order chi connectivity index (χ1) is 14.6. The van der Waals surface area contributed by atoms with Crippen LogP contribution in [-0.4, -0.2) is 25.0 Å². The molecule has 2 amide bonds. The Kier molecular flexibility index (Phi) is 7.22. The van der Waals surface area contributed by atoms with Gasteiger partial charge in [-0.2, -0.15) is 0 Å². The maximum atomic E-state index is 13.0. The average Bonchev–Trinajstić information content (AvgIpc) is 2.79. The maximum absolute atomic E-state index is 13.0. The second-order valence-electron chi connectivity index (χ2n) is 6.79. The first-order valence-electron chi connectivity index (χ1n) is 10.1. The van der Waals surface area contributed by atoms with Crippen LogP contribution in [0.15, 0.2) is 78.9 Å². The topological polar surface area (TPSA) is 58.6 Å². The highest BCUT2D eigenvalue weighted by Gasteiger charge is 2.16. The predicted octanol–water partition coefficient (Wildman–Crippen LogP) is 5.39. The van der Waals surface area contributed by atoms with Crippen LogP contribution in [0.25, 0.3) is 0 Å². The summed E-state index contributed by atoms with van der Waals surface area (Å²) < 4.78 is 5.55. The van der Waals surface area contributed by atoms with E-state index >= 15 is 0 Å². The van der Waals surface area contributed by atoms with Crippen molar-refractivity contribution < 1.29 is 14.3 Å². The summed E-state index contributed by atoms with van der Waals surface area (Å²) in [5, 5.41) is 2.86. The molecule has 5 nitrogen and oxygen atoms in total. The van der Waals surface area contributed by atoms with Crippen LogP contribution in [0.5, 0.6) is 5.75 Å². The highest BCUT2D eigenvalue weighted by molar-refractivity contribution is 6.08. The number of nitrogens with one attached hydrogen (secondary N) is 1. The van der Waals surface area contributed by atoms with Gasteiger partial charge >= 0.3 is 0 Å². The molecule has 5 heteroatoms. The fraction of sp³-hybridized carbons (Fsp3) is 0.200. The smallest absolute Gasteiger partial charge is 0.258 e. The number of nitrogens with zero attached hydrogens (tertiary/aromatic N) is 1. The molecule has 0 aromatic heterocycles. The van der Waals surface area contributed by atoms with Gasteiger partial charge in [0.05, 0.1) is 6.61 Å². The molecule has 0 saturated heterocycles. The molecule has 0 aliphatic rings. The van der Waals surface area contributed by atoms with E-state index in [-0.39, 0.29) is 11.8 Å². The number of anilines is 2. The minimum atomic E-state index is -0.239. The summed E-state index contributed by atoms with van der Waals surface area (Å²) in [7, 11) is 0. The van der Waals surface area contributed by atoms with Crippen LogP contribution in [0.4, 0.5) is 11.4 Å². The number of ether oxygens (including phenoxy) is 1. The van der Waals surface area contributed by atoms with E-state index in [1.807, 2.05) is 44.2 Å². The van der Waals surface area contributed by atoms with Crippen LogP contribution >= 0.6 is 0 Å². The van der Waals surface area contributed by atoms with Crippen molar-refractivity contribution in [3.05, 3.63) is 90.0 Å². The zero-order chi connectivity index (χ0) is 21.3. The Morgan fingerprint density at radius 2 is 1.60 bits per heavy atom. The van der Waals surface area contributed by atoms with Crippen LogP contribution in [0.2, 0.25) is 0 Å². The number of hydrogen-bond acceptors (Lipinski definition) is 3. The molecule has 3 aromatic rings. The molecular weight excluding hydrogens is 376 g/mol. The fourth-order valence-corrected chi connectivity index (χ4v) is 3.06. The van der Waals surface area contributed by atoms with E-state index in [1.165, 1.54) is 0 Å². The molecule has 0 radical (unpaired) electrons. The van der Waals surface area contributed by atoms with Gasteiger partial charge in [-0.3, -0.25) is 9.59 Å². The molecule has 0 aliphatic heterocycles. The Morgan fingerprint density at radius 3 is 2.27 bits per heavy atom. The number of rotatable bonds is 8. The molecule has 0 aliphatic carbocycles. The lowest BCUT2D eigenvalue weighted by Crippen LogP contribution is -2.30. The van der Waals surface area contributed by atoms with Crippen molar-refractivity contribution in [2.45, 2.75) is 20.3 Å². The second-order valence-corrected chi connectivity index (χ2v) is 6.79. The van der Waals surface area contributed by atoms with Crippen LogP contribution in [0, 0.1) is 0 Å². The summed E-state index contributed by atoms with van der Waals surface area (Å²) in [5.41, 5.74) is 2.45. The van der Waals surface area contributed by atoms with Crippen LogP contribution in [-0.2, 0) is 0 Å². The highest BCUT2D eigenvalue weighted by Crippen LogP contribution is 2.20. The van der Waals surface area contributed by atoms with E-state index in [0.717, 1.165) is 17.9 Å². The lowest BCUT2D eigenvalue weighted by Gasteiger charge is -2.21. The van der Waals surface area contributed by atoms with E-state index in [2.05, 4.69) is 5.32 Å². The molecule has 30 heavy (non-hydrogen) atoms. The van der Waals surface area contributed by atoms with E-state index in [1.54, 1.807) is 53.4 Å². The first kappa shape index (κ1) is 21.1. The van der Waals surface area contributed by atoms with Crippen molar-refractivity contribution in [3.63, 3.8) is 0 Å². The van der Waals surface area contributed by atoms with Crippen molar-refractivity contribution in [1.82, 2.24) is 0 Å². The third-order valence-corrected chi connectivity index (χ3v) is 4.59. The van der Waals surface area contributed by atoms with Crippen LogP contribution < -0.4 is 15.0 Å². The van der Waals surface area contributed by atoms with Gasteiger partial charge in [0.15, 0.2) is 0 Å². The summed E-state index contributed by atoms with van der Waals surface area (Å²) >= 11 is 0. The Balaban J connectivity index is 1.72. The SMILES string of the molecule is CCCOc1ccc(C(=O)Nc2cccc(C(=O)N(CC)c3ccccc3)c2)cc1. The molecule has 154 valence electrons. The van der Waals surface area contributed by atoms with Gasteiger partial charge in [-0.15, -0.1) is 0 Å². The third kappa shape index (κ3) is 5.26. The molecule has 0 spiro atoms. The summed E-state index contributed by atoms with van der Waals surface area (Å²) in [6, 6.07) is 23.5. The van der Waals surface area contributed by atoms with Crippen molar-refractivity contribution in [3.8, 4) is 5.75 Å². The van der Waals surface area contributed by atoms with Crippen molar-refractivity contribution in [2.75, 3.05) is 23.4 Å². The molecular formula is C25H26N2O3. The largest absolute Gasteiger partial charge is 0.494 e. The molecule has 1 N–H and O–H groups in total. The normalized spacial score (nSPS) is 10.3. The molecule has 0 bridgehead atoms. The van der Waals surface area contributed by atoms with E-state index in [4.69, 9.17) is 4.74 Å². The molecule has 0 saturated carbocycles. The average molecular weight is 402 g/mol. The van der Waals surface area contributed by atoms with Gasteiger partial charge in [0.25, 0.3) is 11.8 Å². The molecule has 3 rings (SSSR count). The van der Waals surface area contributed by atoms with E-state index < -0.39 is 0 Å². The molecule has 0 unspecified atom stereocenters. The summed E-state index contributed by atoms with van der Waals surface area (Å²) in [5.74, 6) is 0.385. The van der Waals surface area contributed by atoms with Crippen molar-refractivity contribution in [1.29, 1.82) is 0 Å². The summed E-state index contributed by atoms with van der Waals surface area (Å²) in [6.45, 7) is 5.17. The lowest BCUT2D eigenvalue weighted by atomic mass is 10.1. The van der Waals surface area contributed by atoms with Crippen molar-refractivity contribution >= 4 is 23.2 Å². The molecule has 0 atom stereocenters. The number of benzene rings is 3. The molecule has 3 aromatic carbocycles. The minimum absolute atomic E-state index is 0.114. The maximum Gasteiger partial charge on any atom is 0.258 e. The number of para-hydroxylation sites is 1. The Bertz CT molecular complexity index is 985. The van der Waals surface area contributed by atoms with Gasteiger partial charge < -0.3 is 15.0 Å². The van der Waals surface area contributed by atoms with E-state index in [9.17, 15) is 9.59 Å². The van der Waals surface area contributed by atoms with Gasteiger partial charge in [0.1, 0.15) is 5.75 Å². The Hall–Kier alpha value is -3.60. The third-order valence-electron chi connectivity index (χ3n) is 4.59. The number of amides is 2. The van der Waals surface area contributed by atoms with Crippen molar-refractivity contribution in [2.24, 2.45) is 0 Å². The number of carbonyl (C=O) groups excluding carboxylic acids is 2. The van der Waals surface area contributed by atoms with Gasteiger partial charge in [-0.25, -0.2) is 0 Å². The quantitative estimate of drug-likeness (QED) is 0.549. The van der Waals surface area contributed by atoms with Gasteiger partial charge in [0.2, 0.25) is 0 Å². The monoisotopic (exact) mass is 402 g/mol. The van der Waals surface area contributed by atoms with E-state index in [0.29, 0.717) is 30.0 Å². The number of hydrogen-bond donors (Lipinski definition) is 1. The van der Waals surface area contributed by atoms with Crippen LogP contribution in [0.3, 0.4) is 0 Å². The standard InChI is InChI=1S/C25H26N2O3/c1-3-17-30-23-15-13-19(14-16-23)24(28)26-21-10-8-9-20(18-21)25(29)27(4-2)22-11-6-5-7-12-22/h5-16,18H,3-4,17H2,1-2H3,(H,26,28). The predicted molar refractivity (Wildman–Crippen MR) is 120 cm³/mol. The van der Waals surface area contributed by atoms with Gasteiger partial charge in [0, 0.05) is 29.0 Å². The summed E-state index contributed by atoms with van der Waals surface area (Å²) in [4.78, 5) is 27.3. The highest BCUT2D eigenvalue weighted by atomic mass is 16.5. The molecule has 0 heterocycles. The van der Waals surface area contributed by atoms with Gasteiger partial charge in [-0.05, 0) is 67.9 Å². The minimum Gasteiger partial charge on any atom is -0.494 e. The summed E-state index contributed by atoms with van der Waals surface area (Å²) in [6.07, 6.45) is 0.928. The zero-order valence-corrected chi connectivity index (χ0v) is 17.3. The Morgan fingerprint density at radius 1 is 0.867 bits per heavy atom. The second kappa shape index (κ2) is 10.3.